The molecule has 3 unspecified atom stereocenters. The summed E-state index contributed by atoms with van der Waals surface area (Å²) in [6.07, 6.45) is 8.02. The van der Waals surface area contributed by atoms with Crippen molar-refractivity contribution >= 4 is 0 Å². The van der Waals surface area contributed by atoms with Crippen LogP contribution >= 0.6 is 0 Å². The molecule has 0 amide bonds. The molecule has 108 valence electrons. The highest BCUT2D eigenvalue weighted by atomic mass is 16.3. The topological polar surface area (TPSA) is 78.3 Å². The van der Waals surface area contributed by atoms with Crippen molar-refractivity contribution in [2.45, 2.75) is 43.7 Å². The third-order valence-electron chi connectivity index (χ3n) is 4.52. The van der Waals surface area contributed by atoms with E-state index in [1.807, 2.05) is 24.3 Å². The average molecular weight is 274 g/mol. The predicted octanol–water partition coefficient (Wildman–Crippen LogP) is 2.48. The summed E-state index contributed by atoms with van der Waals surface area (Å²) in [6.45, 7) is 0. The molecular formula is C16H22N2O2. The Morgan fingerprint density at radius 1 is 1.15 bits per heavy atom. The minimum Gasteiger partial charge on any atom is -0.469 e. The second-order valence-electron chi connectivity index (χ2n) is 5.94. The van der Waals surface area contributed by atoms with Crippen molar-refractivity contribution in [3.8, 4) is 0 Å². The summed E-state index contributed by atoms with van der Waals surface area (Å²) >= 11 is 0. The van der Waals surface area contributed by atoms with E-state index in [4.69, 9.17) is 20.3 Å². The molecule has 0 saturated heterocycles. The predicted molar refractivity (Wildman–Crippen MR) is 77.1 cm³/mol. The number of furan rings is 2. The van der Waals surface area contributed by atoms with E-state index in [-0.39, 0.29) is 17.5 Å². The van der Waals surface area contributed by atoms with Gasteiger partial charge in [-0.25, -0.2) is 0 Å². The lowest BCUT2D eigenvalue weighted by atomic mass is 9.67. The van der Waals surface area contributed by atoms with Crippen LogP contribution in [0.2, 0.25) is 0 Å². The minimum absolute atomic E-state index is 0.119. The van der Waals surface area contributed by atoms with E-state index >= 15 is 0 Å². The van der Waals surface area contributed by atoms with Crippen molar-refractivity contribution in [2.24, 2.45) is 17.4 Å². The largest absolute Gasteiger partial charge is 0.469 e. The first-order valence-corrected chi connectivity index (χ1v) is 7.27. The van der Waals surface area contributed by atoms with Crippen molar-refractivity contribution in [3.05, 3.63) is 48.3 Å². The second-order valence-corrected chi connectivity index (χ2v) is 5.94. The number of hydrogen-bond acceptors (Lipinski definition) is 4. The van der Waals surface area contributed by atoms with Gasteiger partial charge in [0.2, 0.25) is 0 Å². The fourth-order valence-electron chi connectivity index (χ4n) is 3.44. The van der Waals surface area contributed by atoms with Crippen LogP contribution in [0, 0.1) is 5.92 Å². The van der Waals surface area contributed by atoms with Gasteiger partial charge in [-0.2, -0.15) is 0 Å². The molecule has 4 nitrogen and oxygen atoms in total. The maximum absolute atomic E-state index is 6.72. The summed E-state index contributed by atoms with van der Waals surface area (Å²) in [7, 11) is 0. The van der Waals surface area contributed by atoms with E-state index in [1.165, 1.54) is 0 Å². The van der Waals surface area contributed by atoms with E-state index in [9.17, 15) is 0 Å². The molecule has 2 heterocycles. The van der Waals surface area contributed by atoms with E-state index in [1.54, 1.807) is 12.5 Å². The van der Waals surface area contributed by atoms with Gasteiger partial charge >= 0.3 is 0 Å². The van der Waals surface area contributed by atoms with Crippen LogP contribution in [0.3, 0.4) is 0 Å². The lowest BCUT2D eigenvalue weighted by Gasteiger charge is -2.44. The normalized spacial score (nSPS) is 30.5. The first kappa shape index (κ1) is 13.5. The van der Waals surface area contributed by atoms with Gasteiger partial charge in [-0.05, 0) is 43.0 Å². The first-order valence-electron chi connectivity index (χ1n) is 7.27. The summed E-state index contributed by atoms with van der Waals surface area (Å²) in [5, 5.41) is 0. The van der Waals surface area contributed by atoms with Gasteiger partial charge in [-0.3, -0.25) is 0 Å². The zero-order valence-corrected chi connectivity index (χ0v) is 11.6. The molecule has 1 fully saturated rings. The molecule has 0 spiro atoms. The third-order valence-corrected chi connectivity index (χ3v) is 4.52. The van der Waals surface area contributed by atoms with Crippen LogP contribution in [-0.4, -0.2) is 11.6 Å². The summed E-state index contributed by atoms with van der Waals surface area (Å²) in [5.41, 5.74) is 12.8. The maximum Gasteiger partial charge on any atom is 0.105 e. The molecule has 3 rings (SSSR count). The van der Waals surface area contributed by atoms with Crippen molar-refractivity contribution in [3.63, 3.8) is 0 Å². The summed E-state index contributed by atoms with van der Waals surface area (Å²) in [4.78, 5) is 0. The molecular weight excluding hydrogens is 252 g/mol. The molecule has 0 aliphatic heterocycles. The van der Waals surface area contributed by atoms with E-state index in [2.05, 4.69) is 0 Å². The summed E-state index contributed by atoms with van der Waals surface area (Å²) in [6, 6.07) is 7.92. The van der Waals surface area contributed by atoms with Gasteiger partial charge in [0.25, 0.3) is 0 Å². The molecule has 0 aromatic carbocycles. The number of nitrogens with two attached hydrogens (primary N) is 2. The Hall–Kier alpha value is -1.52. The zero-order valence-electron chi connectivity index (χ0n) is 11.6. The zero-order chi connectivity index (χ0) is 14.0. The lowest BCUT2D eigenvalue weighted by Crippen LogP contribution is -2.58. The summed E-state index contributed by atoms with van der Waals surface area (Å²) < 4.78 is 11.0. The Labute approximate surface area is 119 Å². The molecule has 0 radical (unpaired) electrons. The molecule has 3 atom stereocenters. The van der Waals surface area contributed by atoms with Crippen LogP contribution in [0.5, 0.6) is 0 Å². The highest BCUT2D eigenvalue weighted by molar-refractivity contribution is 5.12. The van der Waals surface area contributed by atoms with Crippen LogP contribution in [0.4, 0.5) is 0 Å². The van der Waals surface area contributed by atoms with Crippen LogP contribution in [0.15, 0.2) is 45.6 Å². The molecule has 2 aromatic heterocycles. The van der Waals surface area contributed by atoms with Gasteiger partial charge in [0.1, 0.15) is 11.5 Å². The second kappa shape index (κ2) is 5.46. The van der Waals surface area contributed by atoms with Gasteiger partial charge in [0.05, 0.1) is 12.5 Å². The van der Waals surface area contributed by atoms with Crippen molar-refractivity contribution < 1.29 is 8.83 Å². The van der Waals surface area contributed by atoms with Crippen molar-refractivity contribution in [2.75, 3.05) is 0 Å². The van der Waals surface area contributed by atoms with Crippen LogP contribution in [0.1, 0.15) is 30.8 Å². The van der Waals surface area contributed by atoms with Gasteiger partial charge < -0.3 is 20.3 Å². The lowest BCUT2D eigenvalue weighted by molar-refractivity contribution is 0.147. The van der Waals surface area contributed by atoms with Crippen LogP contribution < -0.4 is 11.5 Å². The fourth-order valence-corrected chi connectivity index (χ4v) is 3.44. The Morgan fingerprint density at radius 3 is 2.50 bits per heavy atom. The first-order chi connectivity index (χ1) is 9.67. The SMILES string of the molecule is NC1CCCC(N)(Cc2ccco2)C1Cc1ccco1. The van der Waals surface area contributed by atoms with E-state index < -0.39 is 0 Å². The average Bonchev–Trinajstić information content (AvgIpc) is 3.07. The van der Waals surface area contributed by atoms with Crippen LogP contribution in [0.25, 0.3) is 0 Å². The Bertz CT molecular complexity index is 521. The van der Waals surface area contributed by atoms with Gasteiger partial charge in [-0.15, -0.1) is 0 Å². The van der Waals surface area contributed by atoms with Gasteiger partial charge in [-0.1, -0.05) is 6.42 Å². The van der Waals surface area contributed by atoms with Crippen LogP contribution in [-0.2, 0) is 12.8 Å². The van der Waals surface area contributed by atoms with Crippen molar-refractivity contribution in [1.82, 2.24) is 0 Å². The van der Waals surface area contributed by atoms with Crippen molar-refractivity contribution in [1.29, 1.82) is 0 Å². The summed E-state index contributed by atoms with van der Waals surface area (Å²) in [5.74, 6) is 2.11. The molecule has 4 heteroatoms. The standard InChI is InChI=1S/C16H22N2O2/c17-15-6-1-7-16(18,11-13-5-3-9-20-13)14(15)10-12-4-2-8-19-12/h2-5,8-9,14-15H,1,6-7,10-11,17-18H2. The highest BCUT2D eigenvalue weighted by Gasteiger charge is 2.42. The quantitative estimate of drug-likeness (QED) is 0.897. The highest BCUT2D eigenvalue weighted by Crippen LogP contribution is 2.36. The molecule has 4 N–H and O–H groups in total. The smallest absolute Gasteiger partial charge is 0.105 e. The third kappa shape index (κ3) is 2.67. The monoisotopic (exact) mass is 274 g/mol. The molecule has 2 aromatic rings. The molecule has 1 aliphatic rings. The number of hydrogen-bond donors (Lipinski definition) is 2. The molecule has 20 heavy (non-hydrogen) atoms. The van der Waals surface area contributed by atoms with Gasteiger partial charge in [0.15, 0.2) is 0 Å². The maximum atomic E-state index is 6.72. The molecule has 1 saturated carbocycles. The number of rotatable bonds is 4. The minimum atomic E-state index is -0.317. The molecule has 0 bridgehead atoms. The fraction of sp³-hybridized carbons (Fsp3) is 0.500. The van der Waals surface area contributed by atoms with Gasteiger partial charge in [0, 0.05) is 24.4 Å². The Balaban J connectivity index is 1.81. The Kier molecular flexibility index (Phi) is 3.68. The van der Waals surface area contributed by atoms with E-state index in [0.717, 1.165) is 43.6 Å². The van der Waals surface area contributed by atoms with E-state index in [0.29, 0.717) is 0 Å². The molecule has 1 aliphatic carbocycles. The Morgan fingerprint density at radius 2 is 1.85 bits per heavy atom.